The molecule has 1 aromatic heterocycles. The number of benzene rings is 1. The predicted molar refractivity (Wildman–Crippen MR) is 99.5 cm³/mol. The first-order valence-electron chi connectivity index (χ1n) is 8.78. The molecule has 0 bridgehead atoms. The van der Waals surface area contributed by atoms with E-state index in [1.807, 2.05) is 38.4 Å². The van der Waals surface area contributed by atoms with Crippen LogP contribution >= 0.6 is 11.6 Å². The molecule has 0 aliphatic carbocycles. The minimum Gasteiger partial charge on any atom is -0.448 e. The van der Waals surface area contributed by atoms with Crippen molar-refractivity contribution in [2.75, 3.05) is 33.9 Å². The van der Waals surface area contributed by atoms with Gasteiger partial charge in [0, 0.05) is 30.7 Å². The number of carbonyl (C=O) groups excluding carboxylic acids is 1. The summed E-state index contributed by atoms with van der Waals surface area (Å²) in [6.45, 7) is 1.88. The standard InChI is InChI=1S/C19H24ClN3O3/c1-23(2)17(13-3-5-15(20)6-4-13)11-21-18(24)16-12-26-19(22-16)14-7-9-25-10-8-14/h3-6,12,14,17H,7-11H2,1-2H3,(H,21,24). The summed E-state index contributed by atoms with van der Waals surface area (Å²) in [5, 5.41) is 3.64. The van der Waals surface area contributed by atoms with Crippen LogP contribution in [0.1, 0.15) is 46.7 Å². The van der Waals surface area contributed by atoms with Crippen molar-refractivity contribution in [1.29, 1.82) is 0 Å². The topological polar surface area (TPSA) is 67.6 Å². The molecule has 1 unspecified atom stereocenters. The van der Waals surface area contributed by atoms with E-state index in [-0.39, 0.29) is 17.9 Å². The SMILES string of the molecule is CN(C)C(CNC(=O)c1coc(C2CCOCC2)n1)c1ccc(Cl)cc1. The van der Waals surface area contributed by atoms with Gasteiger partial charge in [-0.2, -0.15) is 0 Å². The van der Waals surface area contributed by atoms with Crippen LogP contribution in [0.25, 0.3) is 0 Å². The van der Waals surface area contributed by atoms with Crippen molar-refractivity contribution < 1.29 is 13.9 Å². The van der Waals surface area contributed by atoms with Gasteiger partial charge in [-0.15, -0.1) is 0 Å². The van der Waals surface area contributed by atoms with Crippen LogP contribution in [-0.2, 0) is 4.74 Å². The highest BCUT2D eigenvalue weighted by atomic mass is 35.5. The Morgan fingerprint density at radius 2 is 2.00 bits per heavy atom. The highest BCUT2D eigenvalue weighted by Crippen LogP contribution is 2.26. The summed E-state index contributed by atoms with van der Waals surface area (Å²) < 4.78 is 10.9. The molecule has 0 spiro atoms. The molecule has 1 N–H and O–H groups in total. The Kier molecular flexibility index (Phi) is 6.29. The van der Waals surface area contributed by atoms with E-state index < -0.39 is 0 Å². The number of aromatic nitrogens is 1. The molecule has 1 atom stereocenters. The Balaban J connectivity index is 1.61. The second-order valence-electron chi connectivity index (χ2n) is 6.70. The third-order valence-electron chi connectivity index (χ3n) is 4.66. The number of hydrogen-bond acceptors (Lipinski definition) is 5. The largest absolute Gasteiger partial charge is 0.448 e. The van der Waals surface area contributed by atoms with Crippen molar-refractivity contribution in [3.05, 3.63) is 52.7 Å². The van der Waals surface area contributed by atoms with Crippen molar-refractivity contribution in [3.63, 3.8) is 0 Å². The number of amides is 1. The van der Waals surface area contributed by atoms with Gasteiger partial charge < -0.3 is 19.4 Å². The highest BCUT2D eigenvalue weighted by Gasteiger charge is 2.23. The highest BCUT2D eigenvalue weighted by molar-refractivity contribution is 6.30. The zero-order chi connectivity index (χ0) is 18.5. The number of carbonyl (C=O) groups is 1. The lowest BCUT2D eigenvalue weighted by atomic mass is 10.0. The fraction of sp³-hybridized carbons (Fsp3) is 0.474. The summed E-state index contributed by atoms with van der Waals surface area (Å²) >= 11 is 5.96. The van der Waals surface area contributed by atoms with Gasteiger partial charge in [-0.3, -0.25) is 4.79 Å². The van der Waals surface area contributed by atoms with Crippen LogP contribution in [0.2, 0.25) is 5.02 Å². The number of halogens is 1. The number of likely N-dealkylation sites (N-methyl/N-ethyl adjacent to an activating group) is 1. The van der Waals surface area contributed by atoms with Gasteiger partial charge >= 0.3 is 0 Å². The summed E-state index contributed by atoms with van der Waals surface area (Å²) in [5.41, 5.74) is 1.41. The molecule has 1 amide bonds. The lowest BCUT2D eigenvalue weighted by Gasteiger charge is -2.25. The van der Waals surface area contributed by atoms with Crippen molar-refractivity contribution in [1.82, 2.24) is 15.2 Å². The van der Waals surface area contributed by atoms with Crippen LogP contribution in [0, 0.1) is 0 Å². The van der Waals surface area contributed by atoms with Crippen molar-refractivity contribution in [2.45, 2.75) is 24.8 Å². The summed E-state index contributed by atoms with van der Waals surface area (Å²) in [4.78, 5) is 18.9. The van der Waals surface area contributed by atoms with Crippen LogP contribution < -0.4 is 5.32 Å². The van der Waals surface area contributed by atoms with E-state index in [2.05, 4.69) is 15.2 Å². The Morgan fingerprint density at radius 3 is 2.65 bits per heavy atom. The Labute approximate surface area is 158 Å². The zero-order valence-electron chi connectivity index (χ0n) is 15.1. The van der Waals surface area contributed by atoms with Gasteiger partial charge in [0.05, 0.1) is 6.04 Å². The molecular weight excluding hydrogens is 354 g/mol. The molecule has 26 heavy (non-hydrogen) atoms. The normalized spacial score (nSPS) is 16.6. The molecule has 1 aromatic carbocycles. The molecule has 2 aromatic rings. The van der Waals surface area contributed by atoms with Crippen molar-refractivity contribution >= 4 is 17.5 Å². The van der Waals surface area contributed by atoms with Crippen LogP contribution in [0.15, 0.2) is 34.9 Å². The molecule has 2 heterocycles. The zero-order valence-corrected chi connectivity index (χ0v) is 15.8. The van der Waals surface area contributed by atoms with Crippen molar-refractivity contribution in [3.8, 4) is 0 Å². The quantitative estimate of drug-likeness (QED) is 0.836. The summed E-state index contributed by atoms with van der Waals surface area (Å²) in [6.07, 6.45) is 3.19. The maximum Gasteiger partial charge on any atom is 0.273 e. The molecule has 1 fully saturated rings. The fourth-order valence-corrected chi connectivity index (χ4v) is 3.21. The summed E-state index contributed by atoms with van der Waals surface area (Å²) in [5.74, 6) is 0.627. The molecule has 6 nitrogen and oxygen atoms in total. The predicted octanol–water partition coefficient (Wildman–Crippen LogP) is 3.25. The molecule has 0 saturated carbocycles. The smallest absolute Gasteiger partial charge is 0.273 e. The van der Waals surface area contributed by atoms with Gasteiger partial charge in [0.25, 0.3) is 5.91 Å². The monoisotopic (exact) mass is 377 g/mol. The number of nitrogens with one attached hydrogen (secondary N) is 1. The average molecular weight is 378 g/mol. The molecular formula is C19H24ClN3O3. The van der Waals surface area contributed by atoms with Gasteiger partial charge in [0.1, 0.15) is 6.26 Å². The van der Waals surface area contributed by atoms with Crippen LogP contribution in [0.4, 0.5) is 0 Å². The number of oxazole rings is 1. The average Bonchev–Trinajstić information content (AvgIpc) is 3.14. The van der Waals surface area contributed by atoms with Gasteiger partial charge in [-0.1, -0.05) is 23.7 Å². The van der Waals surface area contributed by atoms with E-state index in [4.69, 9.17) is 20.8 Å². The minimum absolute atomic E-state index is 0.0399. The van der Waals surface area contributed by atoms with Gasteiger partial charge in [-0.25, -0.2) is 4.98 Å². The van der Waals surface area contributed by atoms with Gasteiger partial charge in [-0.05, 0) is 44.6 Å². The van der Waals surface area contributed by atoms with E-state index in [0.717, 1.165) is 18.4 Å². The summed E-state index contributed by atoms with van der Waals surface area (Å²) in [6, 6.07) is 7.69. The van der Waals surface area contributed by atoms with E-state index in [1.165, 1.54) is 6.26 Å². The first kappa shape index (κ1) is 18.9. The molecule has 1 aliphatic heterocycles. The molecule has 0 radical (unpaired) electrons. The van der Waals surface area contributed by atoms with E-state index in [9.17, 15) is 4.79 Å². The van der Waals surface area contributed by atoms with E-state index in [0.29, 0.717) is 36.4 Å². The number of rotatable bonds is 6. The van der Waals surface area contributed by atoms with E-state index >= 15 is 0 Å². The fourth-order valence-electron chi connectivity index (χ4n) is 3.09. The first-order valence-corrected chi connectivity index (χ1v) is 9.15. The number of nitrogens with zero attached hydrogens (tertiary/aromatic N) is 2. The maximum atomic E-state index is 12.5. The number of hydrogen-bond donors (Lipinski definition) is 1. The number of ether oxygens (including phenoxy) is 1. The molecule has 140 valence electrons. The van der Waals surface area contributed by atoms with Crippen LogP contribution in [0.3, 0.4) is 0 Å². The summed E-state index contributed by atoms with van der Waals surface area (Å²) in [7, 11) is 3.95. The van der Waals surface area contributed by atoms with Gasteiger partial charge in [0.15, 0.2) is 11.6 Å². The Morgan fingerprint density at radius 1 is 1.31 bits per heavy atom. The Bertz CT molecular complexity index is 724. The molecule has 3 rings (SSSR count). The molecule has 1 aliphatic rings. The lowest BCUT2D eigenvalue weighted by Crippen LogP contribution is -2.34. The second-order valence-corrected chi connectivity index (χ2v) is 7.14. The van der Waals surface area contributed by atoms with Crippen LogP contribution in [-0.4, -0.2) is 49.6 Å². The van der Waals surface area contributed by atoms with Crippen LogP contribution in [0.5, 0.6) is 0 Å². The second kappa shape index (κ2) is 8.66. The molecule has 1 saturated heterocycles. The molecule has 7 heteroatoms. The van der Waals surface area contributed by atoms with Crippen molar-refractivity contribution in [2.24, 2.45) is 0 Å². The third-order valence-corrected chi connectivity index (χ3v) is 4.91. The minimum atomic E-state index is -0.229. The Hall–Kier alpha value is -1.89. The first-order chi connectivity index (χ1) is 12.5. The van der Waals surface area contributed by atoms with Gasteiger partial charge in [0.2, 0.25) is 0 Å². The maximum absolute atomic E-state index is 12.5. The third kappa shape index (κ3) is 4.63. The van der Waals surface area contributed by atoms with E-state index in [1.54, 1.807) is 0 Å². The lowest BCUT2D eigenvalue weighted by molar-refractivity contribution is 0.0794.